The van der Waals surface area contributed by atoms with Crippen LogP contribution < -0.4 is 0 Å². The summed E-state index contributed by atoms with van der Waals surface area (Å²) in [5, 5.41) is 1.25. The molecule has 0 saturated heterocycles. The molecule has 0 radical (unpaired) electrons. The van der Waals surface area contributed by atoms with E-state index in [1.807, 2.05) is 17.5 Å². The molecule has 2 heteroatoms. The first-order chi connectivity index (χ1) is 9.13. The maximum atomic E-state index is 4.48. The molecule has 1 rings (SSSR count). The highest BCUT2D eigenvalue weighted by atomic mass is 32.1. The summed E-state index contributed by atoms with van der Waals surface area (Å²) in [5.74, 6) is 0.547. The molecule has 0 unspecified atom stereocenters. The van der Waals surface area contributed by atoms with E-state index < -0.39 is 0 Å². The summed E-state index contributed by atoms with van der Waals surface area (Å²) in [7, 11) is 0. The fourth-order valence-electron chi connectivity index (χ4n) is 2.16. The lowest BCUT2D eigenvalue weighted by Gasteiger charge is -2.04. The Hall–Kier alpha value is -0.630. The summed E-state index contributed by atoms with van der Waals surface area (Å²) in [4.78, 5) is 5.85. The number of nitrogens with zero attached hydrogens (tertiary/aromatic N) is 1. The number of hydrogen-bond acceptors (Lipinski definition) is 2. The molecule has 108 valence electrons. The van der Waals surface area contributed by atoms with E-state index in [0.717, 1.165) is 6.42 Å². The highest BCUT2D eigenvalue weighted by Crippen LogP contribution is 2.24. The largest absolute Gasteiger partial charge is 0.249 e. The second kappa shape index (κ2) is 9.30. The third kappa shape index (κ3) is 6.91. The average Bonchev–Trinajstić information content (AvgIpc) is 2.82. The summed E-state index contributed by atoms with van der Waals surface area (Å²) < 4.78 is 0. The Morgan fingerprint density at radius 3 is 2.53 bits per heavy atom. The summed E-state index contributed by atoms with van der Waals surface area (Å²) in [6, 6.07) is 0. The Balaban J connectivity index is 2.16. The Labute approximate surface area is 123 Å². The Morgan fingerprint density at radius 1 is 1.21 bits per heavy atom. The minimum atomic E-state index is 0.547. The van der Waals surface area contributed by atoms with Gasteiger partial charge in [0.1, 0.15) is 0 Å². The lowest BCUT2D eigenvalue weighted by molar-refractivity contribution is 0.605. The van der Waals surface area contributed by atoms with Gasteiger partial charge in [0.05, 0.1) is 5.01 Å². The third-order valence-electron chi connectivity index (χ3n) is 3.37. The standard InChI is InChI=1S/C17H29NS/c1-5-6-7-8-9-10-11-15(4)12-16-13-18-17(19-16)14(2)3/h13-14H,4-12H2,1-3H3. The van der Waals surface area contributed by atoms with E-state index in [2.05, 4.69) is 32.3 Å². The molecule has 1 nitrogen and oxygen atoms in total. The minimum absolute atomic E-state index is 0.547. The van der Waals surface area contributed by atoms with Crippen LogP contribution in [-0.4, -0.2) is 4.98 Å². The number of allylic oxidation sites excluding steroid dienone is 1. The van der Waals surface area contributed by atoms with Gasteiger partial charge in [-0.05, 0) is 12.8 Å². The van der Waals surface area contributed by atoms with Gasteiger partial charge in [-0.25, -0.2) is 4.98 Å². The van der Waals surface area contributed by atoms with Gasteiger partial charge in [-0.1, -0.05) is 65.0 Å². The zero-order valence-electron chi connectivity index (χ0n) is 12.9. The lowest BCUT2D eigenvalue weighted by atomic mass is 10.0. The molecular weight excluding hydrogens is 250 g/mol. The zero-order chi connectivity index (χ0) is 14.1. The van der Waals surface area contributed by atoms with Crippen molar-refractivity contribution < 1.29 is 0 Å². The Kier molecular flexibility index (Phi) is 8.04. The number of aromatic nitrogens is 1. The van der Waals surface area contributed by atoms with E-state index in [1.165, 1.54) is 60.4 Å². The SMILES string of the molecule is C=C(CCCCCCCC)Cc1cnc(C(C)C)s1. The molecule has 0 N–H and O–H groups in total. The molecule has 0 bridgehead atoms. The van der Waals surface area contributed by atoms with E-state index in [4.69, 9.17) is 0 Å². The third-order valence-corrected chi connectivity index (χ3v) is 4.67. The topological polar surface area (TPSA) is 12.9 Å². The first-order valence-corrected chi connectivity index (χ1v) is 8.56. The molecule has 19 heavy (non-hydrogen) atoms. The van der Waals surface area contributed by atoms with Gasteiger partial charge < -0.3 is 0 Å². The maximum absolute atomic E-state index is 4.48. The van der Waals surface area contributed by atoms with E-state index >= 15 is 0 Å². The van der Waals surface area contributed by atoms with E-state index in [1.54, 1.807) is 0 Å². The normalized spacial score (nSPS) is 11.2. The van der Waals surface area contributed by atoms with Crippen LogP contribution in [0.1, 0.15) is 81.5 Å². The van der Waals surface area contributed by atoms with Crippen LogP contribution in [0.25, 0.3) is 0 Å². The van der Waals surface area contributed by atoms with Crippen LogP contribution in [0.5, 0.6) is 0 Å². The van der Waals surface area contributed by atoms with E-state index in [-0.39, 0.29) is 0 Å². The molecular formula is C17H29NS. The second-order valence-corrected chi connectivity index (χ2v) is 6.91. The van der Waals surface area contributed by atoms with Crippen molar-refractivity contribution in [2.24, 2.45) is 0 Å². The molecule has 0 amide bonds. The Morgan fingerprint density at radius 2 is 1.89 bits per heavy atom. The van der Waals surface area contributed by atoms with Gasteiger partial charge in [0.15, 0.2) is 0 Å². The quantitative estimate of drug-likeness (QED) is 0.371. The van der Waals surface area contributed by atoms with Crippen molar-refractivity contribution in [3.8, 4) is 0 Å². The van der Waals surface area contributed by atoms with Gasteiger partial charge in [-0.3, -0.25) is 0 Å². The summed E-state index contributed by atoms with van der Waals surface area (Å²) in [6.07, 6.45) is 12.4. The van der Waals surface area contributed by atoms with Gasteiger partial charge in [-0.2, -0.15) is 0 Å². The number of thiazole rings is 1. The minimum Gasteiger partial charge on any atom is -0.249 e. The van der Waals surface area contributed by atoms with Crippen LogP contribution in [0.2, 0.25) is 0 Å². The first-order valence-electron chi connectivity index (χ1n) is 7.74. The van der Waals surface area contributed by atoms with Crippen LogP contribution in [0.15, 0.2) is 18.3 Å². The van der Waals surface area contributed by atoms with Crippen molar-refractivity contribution in [2.75, 3.05) is 0 Å². The van der Waals surface area contributed by atoms with Crippen molar-refractivity contribution in [1.29, 1.82) is 0 Å². The monoisotopic (exact) mass is 279 g/mol. The van der Waals surface area contributed by atoms with Gasteiger partial charge in [-0.15, -0.1) is 11.3 Å². The summed E-state index contributed by atoms with van der Waals surface area (Å²) >= 11 is 1.85. The van der Waals surface area contributed by atoms with Crippen molar-refractivity contribution in [3.63, 3.8) is 0 Å². The van der Waals surface area contributed by atoms with Crippen molar-refractivity contribution in [1.82, 2.24) is 4.98 Å². The fourth-order valence-corrected chi connectivity index (χ4v) is 3.15. The number of rotatable bonds is 10. The van der Waals surface area contributed by atoms with Gasteiger partial charge in [0.2, 0.25) is 0 Å². The molecule has 1 aromatic rings. The van der Waals surface area contributed by atoms with Crippen LogP contribution in [-0.2, 0) is 6.42 Å². The van der Waals surface area contributed by atoms with Gasteiger partial charge in [0.25, 0.3) is 0 Å². The smallest absolute Gasteiger partial charge is 0.0953 e. The van der Waals surface area contributed by atoms with Crippen LogP contribution in [0.4, 0.5) is 0 Å². The summed E-state index contributed by atoms with van der Waals surface area (Å²) in [6.45, 7) is 10.9. The molecule has 0 atom stereocenters. The second-order valence-electron chi connectivity index (χ2n) is 5.76. The molecule has 1 heterocycles. The highest BCUT2D eigenvalue weighted by Gasteiger charge is 2.06. The van der Waals surface area contributed by atoms with Crippen LogP contribution >= 0.6 is 11.3 Å². The van der Waals surface area contributed by atoms with Crippen molar-refractivity contribution in [2.45, 2.75) is 78.1 Å². The molecule has 0 fully saturated rings. The van der Waals surface area contributed by atoms with Crippen LogP contribution in [0.3, 0.4) is 0 Å². The fraction of sp³-hybridized carbons (Fsp3) is 0.706. The molecule has 0 spiro atoms. The lowest BCUT2D eigenvalue weighted by Crippen LogP contribution is -1.87. The van der Waals surface area contributed by atoms with Gasteiger partial charge in [0, 0.05) is 23.4 Å². The van der Waals surface area contributed by atoms with Crippen molar-refractivity contribution >= 4 is 11.3 Å². The predicted molar refractivity (Wildman–Crippen MR) is 87.0 cm³/mol. The average molecular weight is 279 g/mol. The molecule has 0 aliphatic carbocycles. The number of hydrogen-bond donors (Lipinski definition) is 0. The number of unbranched alkanes of at least 4 members (excludes halogenated alkanes) is 5. The molecule has 0 aliphatic rings. The van der Waals surface area contributed by atoms with E-state index in [0.29, 0.717) is 5.92 Å². The summed E-state index contributed by atoms with van der Waals surface area (Å²) in [5.41, 5.74) is 1.37. The van der Waals surface area contributed by atoms with Crippen LogP contribution in [0, 0.1) is 0 Å². The maximum Gasteiger partial charge on any atom is 0.0953 e. The van der Waals surface area contributed by atoms with Gasteiger partial charge >= 0.3 is 0 Å². The highest BCUT2D eigenvalue weighted by molar-refractivity contribution is 7.11. The zero-order valence-corrected chi connectivity index (χ0v) is 13.7. The first kappa shape index (κ1) is 16.4. The molecule has 0 aliphatic heterocycles. The molecule has 1 aromatic heterocycles. The van der Waals surface area contributed by atoms with E-state index in [9.17, 15) is 0 Å². The Bertz CT molecular complexity index is 365. The molecule has 0 aromatic carbocycles. The predicted octanol–water partition coefficient (Wildman–Crippen LogP) is 6.12. The van der Waals surface area contributed by atoms with Crippen molar-refractivity contribution in [3.05, 3.63) is 28.2 Å². The molecule has 0 saturated carbocycles.